The van der Waals surface area contributed by atoms with Crippen LogP contribution in [0.4, 0.5) is 0 Å². The number of aliphatic hydroxyl groups excluding tert-OH is 1. The molecule has 7 atom stereocenters. The molecule has 5 heteroatoms. The number of piperidine rings is 1. The molecular weight excluding hydrogens is 366 g/mol. The van der Waals surface area contributed by atoms with Crippen molar-refractivity contribution in [3.8, 4) is 0 Å². The molecule has 5 aliphatic rings. The van der Waals surface area contributed by atoms with Gasteiger partial charge in [-0.05, 0) is 57.4 Å². The number of Topliss-reactive ketones (excluding diaryl/α,β-unsaturated/α-hetero) is 1. The minimum atomic E-state index is -0.276. The minimum absolute atomic E-state index is 0.00398. The molecular formula is C24H35NO4. The fourth-order valence-electron chi connectivity index (χ4n) is 8.81. The lowest BCUT2D eigenvalue weighted by Crippen LogP contribution is -2.60. The lowest BCUT2D eigenvalue weighted by Gasteiger charge is -2.56. The number of allylic oxidation sites excluding steroid dienone is 1. The van der Waals surface area contributed by atoms with Gasteiger partial charge in [0.1, 0.15) is 5.78 Å². The van der Waals surface area contributed by atoms with Crippen molar-refractivity contribution in [2.75, 3.05) is 27.3 Å². The zero-order chi connectivity index (χ0) is 20.7. The average molecular weight is 402 g/mol. The first-order valence-corrected chi connectivity index (χ1v) is 11.5. The lowest BCUT2D eigenvalue weighted by atomic mass is 9.53. The van der Waals surface area contributed by atoms with Crippen LogP contribution in [-0.4, -0.2) is 55.1 Å². The number of methoxy groups -OCH3 is 1. The van der Waals surface area contributed by atoms with Crippen molar-refractivity contribution in [1.29, 1.82) is 0 Å². The van der Waals surface area contributed by atoms with E-state index >= 15 is 0 Å². The summed E-state index contributed by atoms with van der Waals surface area (Å²) >= 11 is 0. The Balaban J connectivity index is 1.68. The van der Waals surface area contributed by atoms with Crippen molar-refractivity contribution < 1.29 is 19.4 Å². The summed E-state index contributed by atoms with van der Waals surface area (Å²) < 4.78 is 5.23. The van der Waals surface area contributed by atoms with Gasteiger partial charge in [-0.15, -0.1) is 0 Å². The van der Waals surface area contributed by atoms with Crippen LogP contribution in [0.3, 0.4) is 0 Å². The van der Waals surface area contributed by atoms with Gasteiger partial charge >= 0.3 is 5.97 Å². The predicted octanol–water partition coefficient (Wildman–Crippen LogP) is 2.82. The van der Waals surface area contributed by atoms with Crippen LogP contribution in [0, 0.1) is 40.4 Å². The van der Waals surface area contributed by atoms with Gasteiger partial charge in [0.25, 0.3) is 0 Å². The van der Waals surface area contributed by atoms with Crippen LogP contribution in [0.15, 0.2) is 11.1 Å². The molecule has 1 N–H and O–H groups in total. The maximum Gasteiger partial charge on any atom is 0.309 e. The Morgan fingerprint density at radius 1 is 1.21 bits per heavy atom. The number of carbonyl (C=O) groups excluding carboxylic acids is 2. The van der Waals surface area contributed by atoms with Gasteiger partial charge in [0.05, 0.1) is 13.0 Å². The maximum atomic E-state index is 13.2. The van der Waals surface area contributed by atoms with Crippen LogP contribution in [0.2, 0.25) is 0 Å². The molecule has 1 heterocycles. The van der Waals surface area contributed by atoms with E-state index in [1.807, 2.05) is 13.8 Å². The van der Waals surface area contributed by atoms with Gasteiger partial charge in [0.2, 0.25) is 0 Å². The van der Waals surface area contributed by atoms with Crippen LogP contribution in [0.5, 0.6) is 0 Å². The molecule has 1 spiro atoms. The second-order valence-electron chi connectivity index (χ2n) is 10.8. The molecule has 160 valence electrons. The molecule has 29 heavy (non-hydrogen) atoms. The zero-order valence-corrected chi connectivity index (χ0v) is 18.2. The Hall–Kier alpha value is -1.20. The molecule has 1 saturated heterocycles. The number of carbonyl (C=O) groups is 2. The Kier molecular flexibility index (Phi) is 4.36. The normalized spacial score (nSPS) is 45.5. The third-order valence-electron chi connectivity index (χ3n) is 9.66. The van der Waals surface area contributed by atoms with Gasteiger partial charge in [-0.2, -0.15) is 0 Å². The monoisotopic (exact) mass is 401 g/mol. The summed E-state index contributed by atoms with van der Waals surface area (Å²) in [6, 6.07) is 0.221. The van der Waals surface area contributed by atoms with E-state index in [1.165, 1.54) is 12.7 Å². The zero-order valence-electron chi connectivity index (χ0n) is 18.2. The van der Waals surface area contributed by atoms with Gasteiger partial charge in [-0.1, -0.05) is 25.0 Å². The highest BCUT2D eigenvalue weighted by atomic mass is 16.5. The average Bonchev–Trinajstić information content (AvgIpc) is 3.32. The van der Waals surface area contributed by atoms with Gasteiger partial charge < -0.3 is 14.7 Å². The summed E-state index contributed by atoms with van der Waals surface area (Å²) in [4.78, 5) is 28.4. The number of aliphatic hydroxyl groups is 1. The molecule has 1 unspecified atom stereocenters. The second-order valence-corrected chi connectivity index (χ2v) is 10.8. The first kappa shape index (κ1) is 19.7. The van der Waals surface area contributed by atoms with Gasteiger partial charge in [0.15, 0.2) is 0 Å². The highest BCUT2D eigenvalue weighted by Crippen LogP contribution is 2.74. The van der Waals surface area contributed by atoms with Crippen molar-refractivity contribution in [3.63, 3.8) is 0 Å². The topological polar surface area (TPSA) is 66.8 Å². The molecule has 5 rings (SSSR count). The molecule has 1 aliphatic heterocycles. The van der Waals surface area contributed by atoms with E-state index in [-0.39, 0.29) is 53.1 Å². The molecule has 0 aromatic carbocycles. The molecule has 3 fully saturated rings. The molecule has 0 radical (unpaired) electrons. The number of rotatable bonds is 4. The van der Waals surface area contributed by atoms with E-state index in [1.54, 1.807) is 5.57 Å². The number of nitrogens with zero attached hydrogens (tertiary/aromatic N) is 1. The van der Waals surface area contributed by atoms with Crippen molar-refractivity contribution in [2.24, 2.45) is 40.4 Å². The minimum Gasteiger partial charge on any atom is -0.469 e. The van der Waals surface area contributed by atoms with E-state index < -0.39 is 0 Å². The quantitative estimate of drug-likeness (QED) is 0.580. The summed E-state index contributed by atoms with van der Waals surface area (Å²) in [6.45, 7) is 4.99. The number of hydrogen-bond donors (Lipinski definition) is 1. The van der Waals surface area contributed by atoms with Crippen LogP contribution in [0.25, 0.3) is 0 Å². The first-order valence-electron chi connectivity index (χ1n) is 11.5. The smallest absolute Gasteiger partial charge is 0.309 e. The van der Waals surface area contributed by atoms with Crippen molar-refractivity contribution >= 4 is 11.8 Å². The summed E-state index contributed by atoms with van der Waals surface area (Å²) in [7, 11) is 3.67. The van der Waals surface area contributed by atoms with Gasteiger partial charge in [-0.3, -0.25) is 9.59 Å². The summed E-state index contributed by atoms with van der Waals surface area (Å²) in [6.07, 6.45) is 5.82. The summed E-state index contributed by atoms with van der Waals surface area (Å²) in [5.41, 5.74) is 2.59. The first-order chi connectivity index (χ1) is 13.8. The second kappa shape index (κ2) is 6.40. The highest BCUT2D eigenvalue weighted by molar-refractivity contribution is 5.84. The number of ketones is 1. The molecule has 0 aromatic rings. The molecule has 4 aliphatic carbocycles. The van der Waals surface area contributed by atoms with Crippen molar-refractivity contribution in [2.45, 2.75) is 58.4 Å². The van der Waals surface area contributed by atoms with Crippen LogP contribution in [-0.2, 0) is 14.3 Å². The molecule has 0 amide bonds. The van der Waals surface area contributed by atoms with Crippen molar-refractivity contribution in [1.82, 2.24) is 4.90 Å². The number of esters is 1. The van der Waals surface area contributed by atoms with Gasteiger partial charge in [-0.25, -0.2) is 0 Å². The number of ether oxygens (including phenoxy) is 1. The largest absolute Gasteiger partial charge is 0.469 e. The third-order valence-corrected chi connectivity index (χ3v) is 9.66. The Morgan fingerprint density at radius 3 is 2.59 bits per heavy atom. The molecule has 2 saturated carbocycles. The maximum absolute atomic E-state index is 13.2. The fraction of sp³-hybridized carbons (Fsp3) is 0.833. The summed E-state index contributed by atoms with van der Waals surface area (Å²) in [5.74, 6) is 0.762. The lowest BCUT2D eigenvalue weighted by molar-refractivity contribution is -0.148. The van der Waals surface area contributed by atoms with E-state index in [9.17, 15) is 14.7 Å². The van der Waals surface area contributed by atoms with Crippen LogP contribution >= 0.6 is 0 Å². The van der Waals surface area contributed by atoms with Gasteiger partial charge in [0, 0.05) is 41.9 Å². The summed E-state index contributed by atoms with van der Waals surface area (Å²) in [5, 5.41) is 11.0. The Bertz CT molecular complexity index is 788. The Morgan fingerprint density at radius 2 is 1.93 bits per heavy atom. The molecule has 5 nitrogen and oxygen atoms in total. The van der Waals surface area contributed by atoms with Crippen molar-refractivity contribution in [3.05, 3.63) is 11.1 Å². The molecule has 4 bridgehead atoms. The SMILES string of the molecule is COC(=O)[C@@H]1C[C@]23CN(C)[C@@H]4C(C(=O)C(C)C)C[C@@]2(CO)[C@H]4CCC2=C3[C@@H]1CC2. The number of hydrogen-bond acceptors (Lipinski definition) is 5. The van der Waals surface area contributed by atoms with Crippen LogP contribution < -0.4 is 0 Å². The van der Waals surface area contributed by atoms with E-state index in [0.717, 1.165) is 45.1 Å². The Labute approximate surface area is 173 Å². The standard InChI is InChI=1S/C24H35NO4/c1-13(2)21(27)17-10-24(12-26)18-8-6-14-5-7-15-16(22(28)29-4)9-23(24,19(14)15)11-25(3)20(17)18/h13,15-18,20,26H,5-12H2,1-4H3/t15-,16-,17?,18+,20-,23-,24-/m1/s1. The van der Waals surface area contributed by atoms with E-state index in [0.29, 0.717) is 11.7 Å². The van der Waals surface area contributed by atoms with E-state index in [2.05, 4.69) is 11.9 Å². The van der Waals surface area contributed by atoms with Crippen LogP contribution in [0.1, 0.15) is 52.4 Å². The number of likely N-dealkylation sites (tertiary alicyclic amines) is 1. The predicted molar refractivity (Wildman–Crippen MR) is 109 cm³/mol. The fourth-order valence-corrected chi connectivity index (χ4v) is 8.81. The molecule has 0 aromatic heterocycles. The third kappa shape index (κ3) is 2.24. The van der Waals surface area contributed by atoms with E-state index in [4.69, 9.17) is 4.74 Å². The highest BCUT2D eigenvalue weighted by Gasteiger charge is 2.74.